The lowest BCUT2D eigenvalue weighted by atomic mass is 9.77. The zero-order valence-corrected chi connectivity index (χ0v) is 10.6. The van der Waals surface area contributed by atoms with E-state index < -0.39 is 4.92 Å². The molecule has 0 aliphatic heterocycles. The Labute approximate surface area is 103 Å². The molecular formula is C11H14N2O3S. The van der Waals surface area contributed by atoms with Crippen molar-refractivity contribution in [2.75, 3.05) is 0 Å². The molecule has 2 rings (SSSR count). The summed E-state index contributed by atoms with van der Waals surface area (Å²) >= 11 is 1.02. The molecule has 0 amide bonds. The number of aliphatic hydroxyl groups is 1. The van der Waals surface area contributed by atoms with Gasteiger partial charge in [0.2, 0.25) is 0 Å². The molecule has 5 nitrogen and oxygen atoms in total. The number of hydrogen-bond acceptors (Lipinski definition) is 5. The smallest absolute Gasteiger partial charge is 0.344 e. The minimum atomic E-state index is -0.452. The highest BCUT2D eigenvalue weighted by atomic mass is 32.1. The van der Waals surface area contributed by atoms with Gasteiger partial charge in [0.25, 0.3) is 0 Å². The maximum Gasteiger partial charge on any atom is 0.344 e. The van der Waals surface area contributed by atoms with Crippen LogP contribution in [0.3, 0.4) is 0 Å². The average molecular weight is 254 g/mol. The van der Waals surface area contributed by atoms with Crippen molar-refractivity contribution in [2.45, 2.75) is 33.1 Å². The summed E-state index contributed by atoms with van der Waals surface area (Å²) in [7, 11) is 0. The van der Waals surface area contributed by atoms with E-state index in [9.17, 15) is 15.2 Å². The first-order chi connectivity index (χ1) is 7.89. The zero-order valence-electron chi connectivity index (χ0n) is 9.77. The molecule has 0 spiro atoms. The van der Waals surface area contributed by atoms with Gasteiger partial charge in [-0.1, -0.05) is 13.8 Å². The Kier molecular flexibility index (Phi) is 2.91. The molecule has 1 aliphatic rings. The van der Waals surface area contributed by atoms with Crippen molar-refractivity contribution in [2.24, 2.45) is 5.41 Å². The standard InChI is InChI=1S/C11H14N2O3S/c1-11(2)4-3-8(14)7(5-11)10-12-6-9(17-10)13(15)16/h6,14H,3-5H2,1-2H3. The molecule has 1 aromatic rings. The number of rotatable bonds is 2. The molecule has 1 heterocycles. The lowest BCUT2D eigenvalue weighted by Gasteiger charge is -2.30. The Morgan fingerprint density at radius 2 is 2.29 bits per heavy atom. The van der Waals surface area contributed by atoms with E-state index in [-0.39, 0.29) is 10.4 Å². The number of thiazole rings is 1. The number of allylic oxidation sites excluding steroid dienone is 2. The molecule has 0 saturated heterocycles. The van der Waals surface area contributed by atoms with Crippen molar-refractivity contribution in [3.05, 3.63) is 27.1 Å². The molecule has 0 atom stereocenters. The van der Waals surface area contributed by atoms with Crippen LogP contribution in [0.1, 0.15) is 38.1 Å². The van der Waals surface area contributed by atoms with Crippen molar-refractivity contribution in [3.63, 3.8) is 0 Å². The van der Waals surface area contributed by atoms with Gasteiger partial charge in [-0.25, -0.2) is 4.98 Å². The van der Waals surface area contributed by atoms with E-state index in [2.05, 4.69) is 18.8 Å². The highest BCUT2D eigenvalue weighted by molar-refractivity contribution is 7.15. The summed E-state index contributed by atoms with van der Waals surface area (Å²) in [4.78, 5) is 14.2. The van der Waals surface area contributed by atoms with E-state index >= 15 is 0 Å². The summed E-state index contributed by atoms with van der Waals surface area (Å²) in [6.45, 7) is 4.25. The van der Waals surface area contributed by atoms with Gasteiger partial charge >= 0.3 is 5.00 Å². The molecule has 0 saturated carbocycles. The van der Waals surface area contributed by atoms with Crippen LogP contribution in [0.5, 0.6) is 0 Å². The van der Waals surface area contributed by atoms with Gasteiger partial charge in [0, 0.05) is 12.0 Å². The summed E-state index contributed by atoms with van der Waals surface area (Å²) in [5.74, 6) is 0.327. The van der Waals surface area contributed by atoms with Crippen LogP contribution in [0.25, 0.3) is 5.57 Å². The minimum Gasteiger partial charge on any atom is -0.512 e. The van der Waals surface area contributed by atoms with Gasteiger partial charge in [-0.3, -0.25) is 10.1 Å². The average Bonchev–Trinajstić information content (AvgIpc) is 2.71. The first kappa shape index (κ1) is 12.0. The van der Waals surface area contributed by atoms with E-state index in [1.807, 2.05) is 0 Å². The molecular weight excluding hydrogens is 240 g/mol. The van der Waals surface area contributed by atoms with Crippen molar-refractivity contribution in [1.82, 2.24) is 4.98 Å². The lowest BCUT2D eigenvalue weighted by molar-refractivity contribution is -0.380. The van der Waals surface area contributed by atoms with Crippen molar-refractivity contribution >= 4 is 21.9 Å². The minimum absolute atomic E-state index is 0.0173. The zero-order chi connectivity index (χ0) is 12.6. The Balaban J connectivity index is 2.34. The monoisotopic (exact) mass is 254 g/mol. The number of nitrogens with zero attached hydrogens (tertiary/aromatic N) is 2. The second kappa shape index (κ2) is 4.10. The molecule has 0 bridgehead atoms. The van der Waals surface area contributed by atoms with Crippen LogP contribution in [0, 0.1) is 15.5 Å². The SMILES string of the molecule is CC1(C)CCC(O)=C(c2ncc([N+](=O)[O-])s2)C1. The lowest BCUT2D eigenvalue weighted by Crippen LogP contribution is -2.17. The van der Waals surface area contributed by atoms with E-state index in [1.54, 1.807) is 0 Å². The van der Waals surface area contributed by atoms with Gasteiger partial charge in [0.15, 0.2) is 0 Å². The number of hydrogen-bond donors (Lipinski definition) is 1. The highest BCUT2D eigenvalue weighted by Gasteiger charge is 2.30. The van der Waals surface area contributed by atoms with Crippen LogP contribution in [-0.2, 0) is 0 Å². The highest BCUT2D eigenvalue weighted by Crippen LogP contribution is 2.43. The quantitative estimate of drug-likeness (QED) is 0.647. The van der Waals surface area contributed by atoms with Gasteiger partial charge in [-0.05, 0) is 29.6 Å². The first-order valence-electron chi connectivity index (χ1n) is 5.41. The van der Waals surface area contributed by atoms with E-state index in [0.29, 0.717) is 23.6 Å². The normalized spacial score (nSPS) is 19.4. The number of nitro groups is 1. The predicted octanol–water partition coefficient (Wildman–Crippen LogP) is 3.53. The largest absolute Gasteiger partial charge is 0.512 e. The topological polar surface area (TPSA) is 76.3 Å². The molecule has 0 radical (unpaired) electrons. The van der Waals surface area contributed by atoms with Crippen LogP contribution < -0.4 is 0 Å². The van der Waals surface area contributed by atoms with Crippen molar-refractivity contribution in [1.29, 1.82) is 0 Å². The number of aliphatic hydroxyl groups excluding tert-OH is 1. The molecule has 6 heteroatoms. The Hall–Kier alpha value is -1.43. The second-order valence-corrected chi connectivity index (χ2v) is 6.04. The summed E-state index contributed by atoms with van der Waals surface area (Å²) in [5, 5.41) is 21.1. The van der Waals surface area contributed by atoms with Crippen LogP contribution in [0.2, 0.25) is 0 Å². The molecule has 0 unspecified atom stereocenters. The molecule has 92 valence electrons. The third-order valence-corrected chi connectivity index (χ3v) is 3.98. The van der Waals surface area contributed by atoms with E-state index in [1.165, 1.54) is 6.20 Å². The fourth-order valence-corrected chi connectivity index (χ4v) is 2.76. The van der Waals surface area contributed by atoms with Crippen LogP contribution in [0.15, 0.2) is 12.0 Å². The van der Waals surface area contributed by atoms with Gasteiger partial charge < -0.3 is 5.11 Å². The van der Waals surface area contributed by atoms with E-state index in [4.69, 9.17) is 0 Å². The summed E-state index contributed by atoms with van der Waals surface area (Å²) in [6, 6.07) is 0. The third kappa shape index (κ3) is 2.46. The first-order valence-corrected chi connectivity index (χ1v) is 6.22. The van der Waals surface area contributed by atoms with Crippen LogP contribution in [0.4, 0.5) is 5.00 Å². The molecule has 0 aromatic carbocycles. The predicted molar refractivity (Wildman–Crippen MR) is 65.9 cm³/mol. The third-order valence-electron chi connectivity index (χ3n) is 2.97. The Morgan fingerprint density at radius 1 is 1.59 bits per heavy atom. The van der Waals surface area contributed by atoms with Crippen molar-refractivity contribution in [3.8, 4) is 0 Å². The van der Waals surface area contributed by atoms with Crippen LogP contribution in [-0.4, -0.2) is 15.0 Å². The van der Waals surface area contributed by atoms with Crippen LogP contribution >= 0.6 is 11.3 Å². The molecule has 17 heavy (non-hydrogen) atoms. The maximum absolute atomic E-state index is 10.6. The Morgan fingerprint density at radius 3 is 2.88 bits per heavy atom. The molecule has 1 aromatic heterocycles. The van der Waals surface area contributed by atoms with Gasteiger partial charge in [-0.15, -0.1) is 0 Å². The maximum atomic E-state index is 10.6. The van der Waals surface area contributed by atoms with Gasteiger partial charge in [-0.2, -0.15) is 0 Å². The fraction of sp³-hybridized carbons (Fsp3) is 0.545. The summed E-state index contributed by atoms with van der Waals surface area (Å²) in [6.07, 6.45) is 3.51. The van der Waals surface area contributed by atoms with Gasteiger partial charge in [0.05, 0.1) is 10.7 Å². The molecule has 0 fully saturated rings. The summed E-state index contributed by atoms with van der Waals surface area (Å²) < 4.78 is 0. The van der Waals surface area contributed by atoms with Crippen molar-refractivity contribution < 1.29 is 10.0 Å². The van der Waals surface area contributed by atoms with Gasteiger partial charge in [0.1, 0.15) is 11.2 Å². The number of aromatic nitrogens is 1. The van der Waals surface area contributed by atoms with E-state index in [0.717, 1.165) is 23.3 Å². The summed E-state index contributed by atoms with van der Waals surface area (Å²) in [5.41, 5.74) is 0.876. The molecule has 1 N–H and O–H groups in total. The Bertz CT molecular complexity index is 491. The molecule has 1 aliphatic carbocycles. The second-order valence-electron chi connectivity index (χ2n) is 5.03. The fourth-order valence-electron chi connectivity index (χ4n) is 1.97.